The average Bonchev–Trinajstić information content (AvgIpc) is 3.09. The number of hydrogen-bond acceptors (Lipinski definition) is 4. The first-order valence-electron chi connectivity index (χ1n) is 9.18. The Morgan fingerprint density at radius 2 is 1.39 bits per heavy atom. The summed E-state index contributed by atoms with van der Waals surface area (Å²) >= 11 is 0. The highest BCUT2D eigenvalue weighted by Crippen LogP contribution is 2.28. The van der Waals surface area contributed by atoms with Gasteiger partial charge in [-0.25, -0.2) is 4.98 Å². The number of hydrogen-bond donors (Lipinski definition) is 2. The van der Waals surface area contributed by atoms with Gasteiger partial charge >= 0.3 is 0 Å². The SMILES string of the molecule is c1ccc2c(NC3CCCCC3)nc(NC3CCCC3)nc2c1. The Morgan fingerprint density at radius 3 is 2.17 bits per heavy atom. The van der Waals surface area contributed by atoms with Gasteiger partial charge in [-0.1, -0.05) is 44.2 Å². The van der Waals surface area contributed by atoms with Gasteiger partial charge in [0.2, 0.25) is 5.95 Å². The summed E-state index contributed by atoms with van der Waals surface area (Å²) in [7, 11) is 0. The minimum Gasteiger partial charge on any atom is -0.367 e. The third kappa shape index (κ3) is 3.41. The number of aromatic nitrogens is 2. The number of anilines is 2. The van der Waals surface area contributed by atoms with Crippen LogP contribution in [0.2, 0.25) is 0 Å². The molecule has 0 aliphatic heterocycles. The topological polar surface area (TPSA) is 49.8 Å². The predicted molar refractivity (Wildman–Crippen MR) is 95.9 cm³/mol. The van der Waals surface area contributed by atoms with Gasteiger partial charge in [0.1, 0.15) is 5.82 Å². The molecule has 2 aliphatic carbocycles. The van der Waals surface area contributed by atoms with Gasteiger partial charge in [0, 0.05) is 17.5 Å². The van der Waals surface area contributed by atoms with E-state index in [1.807, 2.05) is 0 Å². The molecule has 0 amide bonds. The molecule has 0 radical (unpaired) electrons. The van der Waals surface area contributed by atoms with Crippen LogP contribution in [0.3, 0.4) is 0 Å². The molecular formula is C19H26N4. The Bertz CT molecular complexity index is 657. The standard InChI is InChI=1S/C19H26N4/c1-2-8-14(9-3-1)20-18-16-12-6-7-13-17(16)22-19(23-18)21-15-10-4-5-11-15/h6-7,12-15H,1-5,8-11H2,(H2,20,21,22,23). The second-order valence-electron chi connectivity index (χ2n) is 7.02. The second kappa shape index (κ2) is 6.73. The Kier molecular flexibility index (Phi) is 4.31. The molecular weight excluding hydrogens is 284 g/mol. The van der Waals surface area contributed by atoms with Crippen LogP contribution in [-0.2, 0) is 0 Å². The molecule has 0 unspecified atom stereocenters. The van der Waals surface area contributed by atoms with Crippen molar-refractivity contribution < 1.29 is 0 Å². The number of fused-ring (bicyclic) bond motifs is 1. The van der Waals surface area contributed by atoms with Crippen LogP contribution in [-0.4, -0.2) is 22.1 Å². The smallest absolute Gasteiger partial charge is 0.225 e. The largest absolute Gasteiger partial charge is 0.367 e. The summed E-state index contributed by atoms with van der Waals surface area (Å²) in [5.41, 5.74) is 1.03. The van der Waals surface area contributed by atoms with Crippen LogP contribution >= 0.6 is 0 Å². The van der Waals surface area contributed by atoms with Crippen molar-refractivity contribution in [3.05, 3.63) is 24.3 Å². The Morgan fingerprint density at radius 1 is 0.739 bits per heavy atom. The Hall–Kier alpha value is -1.84. The fourth-order valence-electron chi connectivity index (χ4n) is 3.94. The molecule has 23 heavy (non-hydrogen) atoms. The lowest BCUT2D eigenvalue weighted by atomic mass is 9.95. The fourth-order valence-corrected chi connectivity index (χ4v) is 3.94. The van der Waals surface area contributed by atoms with Crippen LogP contribution in [0.5, 0.6) is 0 Å². The molecule has 2 N–H and O–H groups in total. The molecule has 122 valence electrons. The minimum atomic E-state index is 0.540. The van der Waals surface area contributed by atoms with Crippen LogP contribution in [0.4, 0.5) is 11.8 Å². The molecule has 0 bridgehead atoms. The summed E-state index contributed by atoms with van der Waals surface area (Å²) in [4.78, 5) is 9.56. The van der Waals surface area contributed by atoms with E-state index in [0.717, 1.165) is 22.7 Å². The first-order valence-corrected chi connectivity index (χ1v) is 9.18. The van der Waals surface area contributed by atoms with E-state index in [1.165, 1.54) is 57.8 Å². The first-order chi connectivity index (χ1) is 11.4. The van der Waals surface area contributed by atoms with Crippen LogP contribution < -0.4 is 10.6 Å². The van der Waals surface area contributed by atoms with Gasteiger partial charge in [0.25, 0.3) is 0 Å². The summed E-state index contributed by atoms with van der Waals surface area (Å²) in [6, 6.07) is 9.43. The van der Waals surface area contributed by atoms with E-state index in [1.54, 1.807) is 0 Å². The third-order valence-electron chi connectivity index (χ3n) is 5.24. The maximum atomic E-state index is 4.83. The summed E-state index contributed by atoms with van der Waals surface area (Å²) < 4.78 is 0. The van der Waals surface area contributed by atoms with Gasteiger partial charge in [0.05, 0.1) is 5.52 Å². The fraction of sp³-hybridized carbons (Fsp3) is 0.579. The third-order valence-corrected chi connectivity index (χ3v) is 5.24. The van der Waals surface area contributed by atoms with Crippen molar-refractivity contribution in [2.45, 2.75) is 69.9 Å². The van der Waals surface area contributed by atoms with E-state index in [9.17, 15) is 0 Å². The number of benzene rings is 1. The predicted octanol–water partition coefficient (Wildman–Crippen LogP) is 4.73. The molecule has 2 aromatic rings. The van der Waals surface area contributed by atoms with E-state index < -0.39 is 0 Å². The molecule has 0 atom stereocenters. The highest BCUT2D eigenvalue weighted by Gasteiger charge is 2.18. The maximum Gasteiger partial charge on any atom is 0.225 e. The molecule has 0 saturated heterocycles. The van der Waals surface area contributed by atoms with Crippen LogP contribution in [0.1, 0.15) is 57.8 Å². The quantitative estimate of drug-likeness (QED) is 0.857. The number of nitrogens with one attached hydrogen (secondary N) is 2. The first kappa shape index (κ1) is 14.7. The van der Waals surface area contributed by atoms with Gasteiger partial charge in [0.15, 0.2) is 0 Å². The molecule has 1 aromatic carbocycles. The molecule has 0 spiro atoms. The normalized spacial score (nSPS) is 20.0. The second-order valence-corrected chi connectivity index (χ2v) is 7.02. The van der Waals surface area contributed by atoms with Gasteiger partial charge in [-0.15, -0.1) is 0 Å². The zero-order chi connectivity index (χ0) is 15.5. The van der Waals surface area contributed by atoms with Crippen molar-refractivity contribution in [1.29, 1.82) is 0 Å². The van der Waals surface area contributed by atoms with Crippen LogP contribution in [0, 0.1) is 0 Å². The van der Waals surface area contributed by atoms with E-state index in [0.29, 0.717) is 12.1 Å². The zero-order valence-electron chi connectivity index (χ0n) is 13.7. The molecule has 4 rings (SSSR count). The van der Waals surface area contributed by atoms with Crippen molar-refractivity contribution in [2.24, 2.45) is 0 Å². The summed E-state index contributed by atoms with van der Waals surface area (Å²) in [6.45, 7) is 0. The molecule has 1 aromatic heterocycles. The molecule has 2 aliphatic rings. The van der Waals surface area contributed by atoms with Crippen molar-refractivity contribution in [3.63, 3.8) is 0 Å². The molecule has 2 saturated carbocycles. The highest BCUT2D eigenvalue weighted by atomic mass is 15.2. The van der Waals surface area contributed by atoms with Crippen molar-refractivity contribution in [2.75, 3.05) is 10.6 Å². The number of nitrogens with zero attached hydrogens (tertiary/aromatic N) is 2. The molecule has 2 fully saturated rings. The van der Waals surface area contributed by atoms with Gasteiger partial charge in [-0.3, -0.25) is 0 Å². The monoisotopic (exact) mass is 310 g/mol. The molecule has 4 heteroatoms. The van der Waals surface area contributed by atoms with Gasteiger partial charge < -0.3 is 10.6 Å². The number of rotatable bonds is 4. The maximum absolute atomic E-state index is 4.83. The zero-order valence-corrected chi connectivity index (χ0v) is 13.7. The van der Waals surface area contributed by atoms with Gasteiger partial charge in [-0.2, -0.15) is 4.98 Å². The average molecular weight is 310 g/mol. The van der Waals surface area contributed by atoms with E-state index in [2.05, 4.69) is 34.9 Å². The Balaban J connectivity index is 1.62. The van der Waals surface area contributed by atoms with Crippen molar-refractivity contribution >= 4 is 22.7 Å². The lowest BCUT2D eigenvalue weighted by Crippen LogP contribution is -2.24. The lowest BCUT2D eigenvalue weighted by Gasteiger charge is -2.24. The van der Waals surface area contributed by atoms with Gasteiger partial charge in [-0.05, 0) is 37.8 Å². The minimum absolute atomic E-state index is 0.540. The Labute approximate surface area is 138 Å². The van der Waals surface area contributed by atoms with E-state index in [4.69, 9.17) is 9.97 Å². The van der Waals surface area contributed by atoms with E-state index >= 15 is 0 Å². The summed E-state index contributed by atoms with van der Waals surface area (Å²) in [5.74, 6) is 1.79. The summed E-state index contributed by atoms with van der Waals surface area (Å²) in [5, 5.41) is 8.38. The van der Waals surface area contributed by atoms with Crippen molar-refractivity contribution in [3.8, 4) is 0 Å². The lowest BCUT2D eigenvalue weighted by molar-refractivity contribution is 0.462. The van der Waals surface area contributed by atoms with E-state index in [-0.39, 0.29) is 0 Å². The van der Waals surface area contributed by atoms with Crippen LogP contribution in [0.15, 0.2) is 24.3 Å². The highest BCUT2D eigenvalue weighted by molar-refractivity contribution is 5.90. The number of para-hydroxylation sites is 1. The van der Waals surface area contributed by atoms with Crippen molar-refractivity contribution in [1.82, 2.24) is 9.97 Å². The van der Waals surface area contributed by atoms with Crippen LogP contribution in [0.25, 0.3) is 10.9 Å². The molecule has 1 heterocycles. The molecule has 4 nitrogen and oxygen atoms in total. The summed E-state index contributed by atoms with van der Waals surface area (Å²) in [6.07, 6.45) is 11.6.